The van der Waals surface area contributed by atoms with E-state index in [1.807, 2.05) is 0 Å². The molecule has 0 radical (unpaired) electrons. The zero-order valence-corrected chi connectivity index (χ0v) is 12.5. The van der Waals surface area contributed by atoms with Gasteiger partial charge in [-0.3, -0.25) is 4.79 Å². The number of piperidine rings is 1. The number of aromatic nitrogens is 1. The van der Waals surface area contributed by atoms with Crippen LogP contribution >= 0.6 is 0 Å². The second-order valence-corrected chi connectivity index (χ2v) is 5.48. The van der Waals surface area contributed by atoms with Gasteiger partial charge in [0.05, 0.1) is 5.69 Å². The first kappa shape index (κ1) is 15.5. The van der Waals surface area contributed by atoms with Crippen LogP contribution in [0.1, 0.15) is 68.1 Å². The minimum atomic E-state index is -0.956. The highest BCUT2D eigenvalue weighted by atomic mass is 16.5. The van der Waals surface area contributed by atoms with Crippen LogP contribution in [-0.4, -0.2) is 39.6 Å². The van der Waals surface area contributed by atoms with Gasteiger partial charge in [-0.15, -0.1) is 0 Å². The number of carbonyl (C=O) groups excluding carboxylic acids is 1. The van der Waals surface area contributed by atoms with Gasteiger partial charge in [-0.05, 0) is 32.1 Å². The molecule has 0 unspecified atom stereocenters. The van der Waals surface area contributed by atoms with Crippen molar-refractivity contribution in [1.29, 1.82) is 0 Å². The normalized spacial score (nSPS) is 19.0. The number of carbonyl (C=O) groups is 2. The summed E-state index contributed by atoms with van der Waals surface area (Å²) in [5.74, 6) is -0.911. The molecule has 1 atom stereocenters. The van der Waals surface area contributed by atoms with E-state index in [1.165, 1.54) is 4.90 Å². The first-order chi connectivity index (χ1) is 10.1. The fraction of sp³-hybridized carbons (Fsp3) is 0.667. The van der Waals surface area contributed by atoms with Gasteiger partial charge in [-0.1, -0.05) is 19.0 Å². The van der Waals surface area contributed by atoms with Crippen LogP contribution in [0.15, 0.2) is 10.6 Å². The van der Waals surface area contributed by atoms with Crippen LogP contribution in [0.25, 0.3) is 0 Å². The standard InChI is InChI=1S/C15H22N2O4/c1-3-10(4-2)11-9-13(21-16-11)14(18)17-8-6-5-7-12(17)15(19)20/h9-10,12H,3-8H2,1-2H3,(H,19,20)/t12-/m1/s1. The van der Waals surface area contributed by atoms with Gasteiger partial charge in [-0.2, -0.15) is 0 Å². The number of aliphatic carboxylic acids is 1. The summed E-state index contributed by atoms with van der Waals surface area (Å²) in [6.45, 7) is 4.59. The van der Waals surface area contributed by atoms with E-state index in [9.17, 15) is 14.7 Å². The summed E-state index contributed by atoms with van der Waals surface area (Å²) in [6, 6.07) is 0.904. The molecule has 1 N–H and O–H groups in total. The van der Waals surface area contributed by atoms with E-state index in [0.29, 0.717) is 13.0 Å². The lowest BCUT2D eigenvalue weighted by atomic mass is 9.99. The third-order valence-corrected chi connectivity index (χ3v) is 4.19. The Balaban J connectivity index is 2.17. The van der Waals surface area contributed by atoms with Gasteiger partial charge < -0.3 is 14.5 Å². The molecule has 0 aliphatic carbocycles. The first-order valence-electron chi connectivity index (χ1n) is 7.58. The second kappa shape index (κ2) is 6.74. The summed E-state index contributed by atoms with van der Waals surface area (Å²) in [6.07, 6.45) is 4.00. The Labute approximate surface area is 124 Å². The Kier molecular flexibility index (Phi) is 4.98. The number of rotatable bonds is 5. The first-order valence-corrected chi connectivity index (χ1v) is 7.58. The molecule has 2 rings (SSSR count). The van der Waals surface area contributed by atoms with E-state index in [0.717, 1.165) is 31.4 Å². The fourth-order valence-corrected chi connectivity index (χ4v) is 2.86. The van der Waals surface area contributed by atoms with Crippen molar-refractivity contribution in [3.63, 3.8) is 0 Å². The number of hydrogen-bond acceptors (Lipinski definition) is 4. The quantitative estimate of drug-likeness (QED) is 0.902. The molecule has 1 aliphatic heterocycles. The molecule has 1 fully saturated rings. The van der Waals surface area contributed by atoms with Crippen LogP contribution in [0.2, 0.25) is 0 Å². The lowest BCUT2D eigenvalue weighted by Crippen LogP contribution is -2.47. The highest BCUT2D eigenvalue weighted by Gasteiger charge is 2.34. The van der Waals surface area contributed by atoms with Crippen molar-refractivity contribution in [2.75, 3.05) is 6.54 Å². The molecule has 2 heterocycles. The molecular weight excluding hydrogens is 272 g/mol. The molecule has 1 aliphatic rings. The van der Waals surface area contributed by atoms with E-state index in [-0.39, 0.29) is 17.6 Å². The molecule has 0 spiro atoms. The predicted molar refractivity (Wildman–Crippen MR) is 76.1 cm³/mol. The maximum Gasteiger partial charge on any atom is 0.326 e. The van der Waals surface area contributed by atoms with Crippen molar-refractivity contribution >= 4 is 11.9 Å². The zero-order valence-electron chi connectivity index (χ0n) is 12.5. The Bertz CT molecular complexity index is 508. The molecule has 6 nitrogen and oxygen atoms in total. The highest BCUT2D eigenvalue weighted by Crippen LogP contribution is 2.25. The van der Waals surface area contributed by atoms with Gasteiger partial charge >= 0.3 is 5.97 Å². The Morgan fingerprint density at radius 2 is 2.14 bits per heavy atom. The number of carboxylic acid groups (broad SMARTS) is 1. The second-order valence-electron chi connectivity index (χ2n) is 5.48. The lowest BCUT2D eigenvalue weighted by molar-refractivity contribution is -0.143. The maximum absolute atomic E-state index is 12.5. The molecule has 1 aromatic rings. The van der Waals surface area contributed by atoms with Crippen LogP contribution < -0.4 is 0 Å². The SMILES string of the molecule is CCC(CC)c1cc(C(=O)N2CCCC[C@@H]2C(=O)O)on1. The van der Waals surface area contributed by atoms with Crippen molar-refractivity contribution in [3.05, 3.63) is 17.5 Å². The molecule has 0 aromatic carbocycles. The van der Waals surface area contributed by atoms with Crippen LogP contribution in [-0.2, 0) is 4.79 Å². The maximum atomic E-state index is 12.5. The number of nitrogens with zero attached hydrogens (tertiary/aromatic N) is 2. The average Bonchev–Trinajstić information content (AvgIpc) is 2.97. The van der Waals surface area contributed by atoms with Crippen LogP contribution in [0.5, 0.6) is 0 Å². The summed E-state index contributed by atoms with van der Waals surface area (Å²) in [7, 11) is 0. The van der Waals surface area contributed by atoms with E-state index in [2.05, 4.69) is 19.0 Å². The molecule has 1 aromatic heterocycles. The summed E-state index contributed by atoms with van der Waals surface area (Å²) >= 11 is 0. The van der Waals surface area contributed by atoms with Crippen molar-refractivity contribution in [1.82, 2.24) is 10.1 Å². The Morgan fingerprint density at radius 1 is 1.43 bits per heavy atom. The van der Waals surface area contributed by atoms with Gasteiger partial charge in [0.15, 0.2) is 0 Å². The molecule has 6 heteroatoms. The Hall–Kier alpha value is -1.85. The molecule has 1 saturated heterocycles. The smallest absolute Gasteiger partial charge is 0.326 e. The number of likely N-dealkylation sites (tertiary alicyclic amines) is 1. The molecule has 0 saturated carbocycles. The lowest BCUT2D eigenvalue weighted by Gasteiger charge is -2.32. The minimum Gasteiger partial charge on any atom is -0.480 e. The molecule has 0 bridgehead atoms. The van der Waals surface area contributed by atoms with E-state index < -0.39 is 12.0 Å². The van der Waals surface area contributed by atoms with Gasteiger partial charge in [0.1, 0.15) is 6.04 Å². The van der Waals surface area contributed by atoms with Crippen molar-refractivity contribution in [3.8, 4) is 0 Å². The van der Waals surface area contributed by atoms with E-state index in [4.69, 9.17) is 4.52 Å². The number of amides is 1. The predicted octanol–water partition coefficient (Wildman–Crippen LogP) is 2.66. The van der Waals surface area contributed by atoms with Gasteiger partial charge in [0, 0.05) is 18.5 Å². The fourth-order valence-electron chi connectivity index (χ4n) is 2.86. The molecule has 116 valence electrons. The van der Waals surface area contributed by atoms with Crippen molar-refractivity contribution < 1.29 is 19.2 Å². The Morgan fingerprint density at radius 3 is 2.76 bits per heavy atom. The van der Waals surface area contributed by atoms with Crippen molar-refractivity contribution in [2.45, 2.75) is 57.9 Å². The van der Waals surface area contributed by atoms with Gasteiger partial charge in [0.2, 0.25) is 5.76 Å². The summed E-state index contributed by atoms with van der Waals surface area (Å²) in [5.41, 5.74) is 0.771. The highest BCUT2D eigenvalue weighted by molar-refractivity contribution is 5.94. The van der Waals surface area contributed by atoms with E-state index in [1.54, 1.807) is 6.07 Å². The van der Waals surface area contributed by atoms with Crippen LogP contribution in [0.4, 0.5) is 0 Å². The van der Waals surface area contributed by atoms with Gasteiger partial charge in [-0.25, -0.2) is 4.79 Å². The van der Waals surface area contributed by atoms with Crippen molar-refractivity contribution in [2.24, 2.45) is 0 Å². The zero-order chi connectivity index (χ0) is 15.4. The van der Waals surface area contributed by atoms with E-state index >= 15 is 0 Å². The molecule has 21 heavy (non-hydrogen) atoms. The monoisotopic (exact) mass is 294 g/mol. The van der Waals surface area contributed by atoms with Crippen LogP contribution in [0, 0.1) is 0 Å². The summed E-state index contributed by atoms with van der Waals surface area (Å²) < 4.78 is 5.16. The largest absolute Gasteiger partial charge is 0.480 e. The third kappa shape index (κ3) is 3.25. The van der Waals surface area contributed by atoms with Crippen LogP contribution in [0.3, 0.4) is 0 Å². The molecule has 1 amide bonds. The minimum absolute atomic E-state index is 0.144. The topological polar surface area (TPSA) is 83.6 Å². The summed E-state index contributed by atoms with van der Waals surface area (Å²) in [4.78, 5) is 25.1. The number of hydrogen-bond donors (Lipinski definition) is 1. The number of carboxylic acids is 1. The third-order valence-electron chi connectivity index (χ3n) is 4.19. The average molecular weight is 294 g/mol. The molecular formula is C15H22N2O4. The van der Waals surface area contributed by atoms with Gasteiger partial charge in [0.25, 0.3) is 5.91 Å². The summed E-state index contributed by atoms with van der Waals surface area (Å²) in [5, 5.41) is 13.2.